The number of ether oxygens (including phenoxy) is 2. The number of aryl methyl sites for hydroxylation is 1. The molecular weight excluding hydrogens is 382 g/mol. The molecule has 162 valence electrons. The number of benzene rings is 1. The molecule has 1 aromatic carbocycles. The molecule has 8 nitrogen and oxygen atoms in total. The van der Waals surface area contributed by atoms with E-state index in [4.69, 9.17) is 9.47 Å². The predicted molar refractivity (Wildman–Crippen MR) is 119 cm³/mol. The Morgan fingerprint density at radius 3 is 2.67 bits per heavy atom. The van der Waals surface area contributed by atoms with Crippen molar-refractivity contribution in [2.75, 3.05) is 32.1 Å². The Balaban J connectivity index is 1.79. The molecule has 0 saturated carbocycles. The molecule has 0 aliphatic heterocycles. The fraction of sp³-hybridized carbons (Fsp3) is 0.409. The van der Waals surface area contributed by atoms with Crippen LogP contribution in [0.3, 0.4) is 0 Å². The topological polar surface area (TPSA) is 96.9 Å². The number of aliphatic imine (C=N–C) groups is 1. The molecule has 30 heavy (non-hydrogen) atoms. The first-order valence-electron chi connectivity index (χ1n) is 10.1. The Morgan fingerprint density at radius 2 is 1.93 bits per heavy atom. The first-order valence-corrected chi connectivity index (χ1v) is 10.1. The van der Waals surface area contributed by atoms with E-state index < -0.39 is 0 Å². The molecule has 0 fully saturated rings. The second-order valence-corrected chi connectivity index (χ2v) is 6.72. The summed E-state index contributed by atoms with van der Waals surface area (Å²) in [4.78, 5) is 20.9. The van der Waals surface area contributed by atoms with E-state index in [1.807, 2.05) is 57.2 Å². The second kappa shape index (κ2) is 12.3. The highest BCUT2D eigenvalue weighted by molar-refractivity contribution is 5.90. The summed E-state index contributed by atoms with van der Waals surface area (Å²) in [7, 11) is 1.62. The molecule has 0 aliphatic rings. The van der Waals surface area contributed by atoms with E-state index in [9.17, 15) is 4.79 Å². The minimum absolute atomic E-state index is 0.105. The summed E-state index contributed by atoms with van der Waals surface area (Å²) in [5, 5.41) is 9.13. The van der Waals surface area contributed by atoms with Gasteiger partial charge in [-0.05, 0) is 45.0 Å². The number of pyridine rings is 1. The van der Waals surface area contributed by atoms with Gasteiger partial charge in [0.05, 0.1) is 13.7 Å². The van der Waals surface area contributed by atoms with Crippen LogP contribution in [-0.2, 0) is 4.79 Å². The number of hydrogen-bond donors (Lipinski definition) is 3. The van der Waals surface area contributed by atoms with E-state index in [0.717, 1.165) is 23.7 Å². The maximum absolute atomic E-state index is 12.1. The summed E-state index contributed by atoms with van der Waals surface area (Å²) in [5.41, 5.74) is 0.859. The summed E-state index contributed by atoms with van der Waals surface area (Å²) in [6.07, 6.45) is 0.180. The molecule has 1 amide bonds. The van der Waals surface area contributed by atoms with Crippen molar-refractivity contribution in [3.8, 4) is 11.5 Å². The quantitative estimate of drug-likeness (QED) is 0.409. The Hall–Kier alpha value is -3.29. The van der Waals surface area contributed by atoms with Crippen LogP contribution >= 0.6 is 0 Å². The first-order chi connectivity index (χ1) is 14.5. The van der Waals surface area contributed by atoms with Gasteiger partial charge in [0.25, 0.3) is 0 Å². The maximum atomic E-state index is 12.1. The van der Waals surface area contributed by atoms with Gasteiger partial charge in [0.15, 0.2) is 5.96 Å². The van der Waals surface area contributed by atoms with Gasteiger partial charge in [0, 0.05) is 31.3 Å². The minimum Gasteiger partial charge on any atom is -0.497 e. The van der Waals surface area contributed by atoms with Crippen LogP contribution in [0.4, 0.5) is 5.82 Å². The highest BCUT2D eigenvalue weighted by atomic mass is 16.5. The molecule has 0 radical (unpaired) electrons. The Morgan fingerprint density at radius 1 is 1.17 bits per heavy atom. The van der Waals surface area contributed by atoms with Crippen molar-refractivity contribution in [3.63, 3.8) is 0 Å². The third-order valence-electron chi connectivity index (χ3n) is 4.03. The molecule has 1 aromatic heterocycles. The zero-order valence-corrected chi connectivity index (χ0v) is 18.1. The molecule has 0 spiro atoms. The maximum Gasteiger partial charge on any atom is 0.227 e. The fourth-order valence-electron chi connectivity index (χ4n) is 2.62. The Labute approximate surface area is 178 Å². The molecule has 0 saturated heterocycles. The minimum atomic E-state index is -0.122. The highest BCUT2D eigenvalue weighted by Gasteiger charge is 2.07. The molecule has 1 heterocycles. The van der Waals surface area contributed by atoms with Gasteiger partial charge >= 0.3 is 0 Å². The molecule has 3 N–H and O–H groups in total. The Bertz CT molecular complexity index is 841. The van der Waals surface area contributed by atoms with Crippen molar-refractivity contribution in [1.82, 2.24) is 15.6 Å². The number of aromatic nitrogens is 1. The highest BCUT2D eigenvalue weighted by Crippen LogP contribution is 2.19. The third kappa shape index (κ3) is 8.38. The largest absolute Gasteiger partial charge is 0.497 e. The van der Waals surface area contributed by atoms with Gasteiger partial charge in [-0.25, -0.2) is 9.98 Å². The summed E-state index contributed by atoms with van der Waals surface area (Å²) in [6.45, 7) is 7.46. The lowest BCUT2D eigenvalue weighted by Crippen LogP contribution is -2.39. The summed E-state index contributed by atoms with van der Waals surface area (Å²) < 4.78 is 11.1. The van der Waals surface area contributed by atoms with Crippen LogP contribution in [0.2, 0.25) is 0 Å². The molecular formula is C22H31N5O3. The van der Waals surface area contributed by atoms with Crippen LogP contribution in [0.1, 0.15) is 26.0 Å². The average molecular weight is 414 g/mol. The number of methoxy groups -OCH3 is 1. The zero-order valence-electron chi connectivity index (χ0n) is 18.1. The van der Waals surface area contributed by atoms with Gasteiger partial charge in [-0.15, -0.1) is 0 Å². The van der Waals surface area contributed by atoms with E-state index in [-0.39, 0.29) is 12.0 Å². The molecule has 8 heteroatoms. The van der Waals surface area contributed by atoms with Crippen molar-refractivity contribution in [2.45, 2.75) is 33.3 Å². The van der Waals surface area contributed by atoms with E-state index in [1.165, 1.54) is 0 Å². The number of nitrogens with one attached hydrogen (secondary N) is 3. The molecule has 2 rings (SSSR count). The molecule has 1 unspecified atom stereocenters. The van der Waals surface area contributed by atoms with E-state index in [1.54, 1.807) is 13.2 Å². The van der Waals surface area contributed by atoms with Crippen LogP contribution in [0, 0.1) is 6.92 Å². The third-order valence-corrected chi connectivity index (χ3v) is 4.03. The van der Waals surface area contributed by atoms with Crippen molar-refractivity contribution < 1.29 is 14.3 Å². The van der Waals surface area contributed by atoms with Gasteiger partial charge in [0.1, 0.15) is 23.4 Å². The number of guanidine groups is 1. The smallest absolute Gasteiger partial charge is 0.227 e. The monoisotopic (exact) mass is 413 g/mol. The summed E-state index contributed by atoms with van der Waals surface area (Å²) in [6, 6.07) is 13.0. The van der Waals surface area contributed by atoms with Gasteiger partial charge < -0.3 is 25.4 Å². The summed E-state index contributed by atoms with van der Waals surface area (Å²) in [5.74, 6) is 2.57. The lowest BCUT2D eigenvalue weighted by Gasteiger charge is -2.15. The van der Waals surface area contributed by atoms with Crippen LogP contribution in [-0.4, -0.2) is 49.7 Å². The van der Waals surface area contributed by atoms with E-state index in [2.05, 4.69) is 25.9 Å². The zero-order chi connectivity index (χ0) is 21.8. The normalized spacial score (nSPS) is 12.1. The van der Waals surface area contributed by atoms with Crippen molar-refractivity contribution in [2.24, 2.45) is 4.99 Å². The first kappa shape index (κ1) is 23.0. The van der Waals surface area contributed by atoms with Crippen molar-refractivity contribution in [3.05, 3.63) is 48.2 Å². The van der Waals surface area contributed by atoms with Crippen LogP contribution in [0.5, 0.6) is 11.5 Å². The van der Waals surface area contributed by atoms with Gasteiger partial charge in [-0.2, -0.15) is 0 Å². The Kier molecular flexibility index (Phi) is 9.44. The average Bonchev–Trinajstić information content (AvgIpc) is 2.72. The lowest BCUT2D eigenvalue weighted by molar-refractivity contribution is -0.116. The molecule has 1 atom stereocenters. The molecule has 0 aliphatic carbocycles. The fourth-order valence-corrected chi connectivity index (χ4v) is 2.62. The van der Waals surface area contributed by atoms with Crippen molar-refractivity contribution in [1.29, 1.82) is 0 Å². The summed E-state index contributed by atoms with van der Waals surface area (Å²) >= 11 is 0. The van der Waals surface area contributed by atoms with Crippen LogP contribution in [0.15, 0.2) is 47.5 Å². The lowest BCUT2D eigenvalue weighted by atomic mass is 10.3. The van der Waals surface area contributed by atoms with E-state index in [0.29, 0.717) is 31.3 Å². The number of rotatable bonds is 10. The van der Waals surface area contributed by atoms with Gasteiger partial charge in [0.2, 0.25) is 5.91 Å². The molecule has 2 aromatic rings. The number of anilines is 1. The SMILES string of the molecule is CCNC(=NCC(C)Oc1cccc(OC)c1)NCCC(=O)Nc1cccc(C)n1. The van der Waals surface area contributed by atoms with Crippen LogP contribution in [0.25, 0.3) is 0 Å². The predicted octanol–water partition coefficient (Wildman–Crippen LogP) is 2.75. The number of carbonyl (C=O) groups is 1. The van der Waals surface area contributed by atoms with Gasteiger partial charge in [-0.3, -0.25) is 4.79 Å². The van der Waals surface area contributed by atoms with Crippen LogP contribution < -0.4 is 25.4 Å². The standard InChI is InChI=1S/C22H31N5O3/c1-5-23-22(24-13-12-21(28)27-20-11-6-8-16(2)26-20)25-15-17(3)30-19-10-7-9-18(14-19)29-4/h6-11,14,17H,5,12-13,15H2,1-4H3,(H2,23,24,25)(H,26,27,28). The second-order valence-electron chi connectivity index (χ2n) is 6.72. The van der Waals surface area contributed by atoms with Gasteiger partial charge in [-0.1, -0.05) is 12.1 Å². The van der Waals surface area contributed by atoms with Crippen molar-refractivity contribution >= 4 is 17.7 Å². The number of hydrogen-bond acceptors (Lipinski definition) is 5. The number of amides is 1. The number of carbonyl (C=O) groups excluding carboxylic acids is 1. The van der Waals surface area contributed by atoms with E-state index >= 15 is 0 Å². The molecule has 0 bridgehead atoms. The number of nitrogens with zero attached hydrogens (tertiary/aromatic N) is 2.